The Morgan fingerprint density at radius 1 is 1.20 bits per heavy atom. The second-order valence-electron chi connectivity index (χ2n) is 8.56. The third-order valence-corrected chi connectivity index (χ3v) is 6.33. The van der Waals surface area contributed by atoms with Crippen molar-refractivity contribution in [2.75, 3.05) is 22.8 Å². The van der Waals surface area contributed by atoms with Crippen molar-refractivity contribution in [1.82, 2.24) is 0 Å². The standard InChI is InChI=1S/C22H27FN2O4S/c1-15(2)10-11-25-19-13-17(8-9-20(19)29-14-22(3,4)21(25)26)24-30(27,28)18-7-5-6-16(23)12-18/h5-9,12-13,15,24H,10-11,14H2,1-4H3. The number of carbonyl (C=O) groups excluding carboxylic acids is 1. The number of fused-ring (bicyclic) bond motifs is 1. The third-order valence-electron chi connectivity index (χ3n) is 4.95. The van der Waals surface area contributed by atoms with Crippen LogP contribution >= 0.6 is 0 Å². The highest BCUT2D eigenvalue weighted by Gasteiger charge is 2.37. The van der Waals surface area contributed by atoms with Crippen LogP contribution in [0.5, 0.6) is 5.75 Å². The predicted molar refractivity (Wildman–Crippen MR) is 115 cm³/mol. The summed E-state index contributed by atoms with van der Waals surface area (Å²) in [5.41, 5.74) is 0.0753. The fourth-order valence-electron chi connectivity index (χ4n) is 3.17. The summed E-state index contributed by atoms with van der Waals surface area (Å²) in [5.74, 6) is 0.197. The fraction of sp³-hybridized carbons (Fsp3) is 0.409. The first-order chi connectivity index (χ1) is 14.0. The maximum atomic E-state index is 13.5. The summed E-state index contributed by atoms with van der Waals surface area (Å²) in [6.07, 6.45) is 0.792. The lowest BCUT2D eigenvalue weighted by atomic mass is 9.92. The number of ether oxygens (including phenoxy) is 1. The molecule has 162 valence electrons. The molecule has 0 unspecified atom stereocenters. The third kappa shape index (κ3) is 4.75. The van der Waals surface area contributed by atoms with Gasteiger partial charge in [0.05, 0.1) is 21.7 Å². The number of hydrogen-bond donors (Lipinski definition) is 1. The van der Waals surface area contributed by atoms with Crippen LogP contribution in [0.15, 0.2) is 47.4 Å². The van der Waals surface area contributed by atoms with E-state index in [0.29, 0.717) is 23.9 Å². The van der Waals surface area contributed by atoms with Crippen molar-refractivity contribution < 1.29 is 22.3 Å². The van der Waals surface area contributed by atoms with E-state index in [4.69, 9.17) is 4.74 Å². The number of benzene rings is 2. The fourth-order valence-corrected chi connectivity index (χ4v) is 4.25. The van der Waals surface area contributed by atoms with E-state index in [-0.39, 0.29) is 23.1 Å². The molecule has 0 atom stereocenters. The van der Waals surface area contributed by atoms with E-state index in [1.165, 1.54) is 18.2 Å². The molecule has 0 saturated heterocycles. The van der Waals surface area contributed by atoms with Gasteiger partial charge in [-0.3, -0.25) is 9.52 Å². The van der Waals surface area contributed by atoms with E-state index in [0.717, 1.165) is 12.5 Å². The molecule has 2 aromatic carbocycles. The summed E-state index contributed by atoms with van der Waals surface area (Å²) in [5, 5.41) is 0. The smallest absolute Gasteiger partial charge is 0.261 e. The lowest BCUT2D eigenvalue weighted by molar-refractivity contribution is -0.127. The zero-order valence-electron chi connectivity index (χ0n) is 17.6. The van der Waals surface area contributed by atoms with Gasteiger partial charge in [-0.15, -0.1) is 0 Å². The molecule has 0 fully saturated rings. The monoisotopic (exact) mass is 434 g/mol. The highest BCUT2D eigenvalue weighted by atomic mass is 32.2. The quantitative estimate of drug-likeness (QED) is 0.730. The Morgan fingerprint density at radius 2 is 1.93 bits per heavy atom. The number of anilines is 2. The van der Waals surface area contributed by atoms with E-state index in [1.807, 2.05) is 13.8 Å². The van der Waals surface area contributed by atoms with Gasteiger partial charge >= 0.3 is 0 Å². The van der Waals surface area contributed by atoms with Crippen LogP contribution in [0.4, 0.5) is 15.8 Å². The van der Waals surface area contributed by atoms with Crippen LogP contribution in [0, 0.1) is 17.2 Å². The van der Waals surface area contributed by atoms with E-state index in [9.17, 15) is 17.6 Å². The molecule has 1 aliphatic rings. The molecule has 2 aromatic rings. The van der Waals surface area contributed by atoms with Gasteiger partial charge in [-0.25, -0.2) is 12.8 Å². The first-order valence-corrected chi connectivity index (χ1v) is 11.3. The molecule has 1 aliphatic heterocycles. The minimum atomic E-state index is -3.99. The summed E-state index contributed by atoms with van der Waals surface area (Å²) in [6, 6.07) is 9.59. The van der Waals surface area contributed by atoms with Crippen molar-refractivity contribution in [3.63, 3.8) is 0 Å². The second kappa shape index (κ2) is 8.26. The van der Waals surface area contributed by atoms with Crippen LogP contribution in [0.1, 0.15) is 34.1 Å². The lowest BCUT2D eigenvalue weighted by Crippen LogP contribution is -2.42. The summed E-state index contributed by atoms with van der Waals surface area (Å²) in [7, 11) is -3.99. The lowest BCUT2D eigenvalue weighted by Gasteiger charge is -2.28. The number of halogens is 1. The van der Waals surface area contributed by atoms with Crippen molar-refractivity contribution >= 4 is 27.3 Å². The number of carbonyl (C=O) groups is 1. The van der Waals surface area contributed by atoms with Gasteiger partial charge < -0.3 is 9.64 Å². The maximum absolute atomic E-state index is 13.5. The number of hydrogen-bond acceptors (Lipinski definition) is 4. The van der Waals surface area contributed by atoms with E-state index in [1.54, 1.807) is 23.1 Å². The summed E-state index contributed by atoms with van der Waals surface area (Å²) in [4.78, 5) is 14.7. The van der Waals surface area contributed by atoms with E-state index >= 15 is 0 Å². The normalized spacial score (nSPS) is 16.1. The number of amides is 1. The van der Waals surface area contributed by atoms with E-state index < -0.39 is 21.3 Å². The Balaban J connectivity index is 1.98. The molecular formula is C22H27FN2O4S. The molecule has 0 bridgehead atoms. The first kappa shape index (κ1) is 22.1. The van der Waals surface area contributed by atoms with Crippen LogP contribution in [0.25, 0.3) is 0 Å². The highest BCUT2D eigenvalue weighted by Crippen LogP contribution is 2.39. The maximum Gasteiger partial charge on any atom is 0.261 e. The van der Waals surface area contributed by atoms with Gasteiger partial charge in [0.2, 0.25) is 5.91 Å². The zero-order valence-corrected chi connectivity index (χ0v) is 18.4. The average molecular weight is 435 g/mol. The van der Waals surface area contributed by atoms with Crippen molar-refractivity contribution in [2.24, 2.45) is 11.3 Å². The van der Waals surface area contributed by atoms with Crippen molar-refractivity contribution in [1.29, 1.82) is 0 Å². The highest BCUT2D eigenvalue weighted by molar-refractivity contribution is 7.92. The number of sulfonamides is 1. The van der Waals surface area contributed by atoms with Gasteiger partial charge in [-0.2, -0.15) is 0 Å². The Hall–Kier alpha value is -2.61. The summed E-state index contributed by atoms with van der Waals surface area (Å²) < 4.78 is 47.1. The number of nitrogens with zero attached hydrogens (tertiary/aromatic N) is 1. The van der Waals surface area contributed by atoms with Crippen LogP contribution in [-0.4, -0.2) is 27.5 Å². The molecule has 0 aliphatic carbocycles. The second-order valence-corrected chi connectivity index (χ2v) is 10.2. The summed E-state index contributed by atoms with van der Waals surface area (Å²) >= 11 is 0. The average Bonchev–Trinajstić information content (AvgIpc) is 2.75. The van der Waals surface area contributed by atoms with Crippen LogP contribution in [0.3, 0.4) is 0 Å². The van der Waals surface area contributed by atoms with Gasteiger partial charge in [-0.1, -0.05) is 19.9 Å². The van der Waals surface area contributed by atoms with Gasteiger partial charge in [0.15, 0.2) is 0 Å². The Labute approximate surface area is 177 Å². The molecule has 1 N–H and O–H groups in total. The molecule has 0 radical (unpaired) electrons. The zero-order chi connectivity index (χ0) is 22.1. The van der Waals surface area contributed by atoms with Crippen LogP contribution in [-0.2, 0) is 14.8 Å². The van der Waals surface area contributed by atoms with Crippen molar-refractivity contribution in [3.8, 4) is 5.75 Å². The SMILES string of the molecule is CC(C)CCN1C(=O)C(C)(C)COc2ccc(NS(=O)(=O)c3cccc(F)c3)cc21. The van der Waals surface area contributed by atoms with Gasteiger partial charge in [0, 0.05) is 6.54 Å². The molecule has 30 heavy (non-hydrogen) atoms. The molecule has 0 spiro atoms. The van der Waals surface area contributed by atoms with Gasteiger partial charge in [0.25, 0.3) is 10.0 Å². The molecule has 8 heteroatoms. The Kier molecular flexibility index (Phi) is 6.08. The summed E-state index contributed by atoms with van der Waals surface area (Å²) in [6.45, 7) is 8.54. The van der Waals surface area contributed by atoms with Crippen LogP contribution in [0.2, 0.25) is 0 Å². The molecule has 1 amide bonds. The molecule has 0 saturated carbocycles. The van der Waals surface area contributed by atoms with Crippen LogP contribution < -0.4 is 14.4 Å². The molecule has 6 nitrogen and oxygen atoms in total. The minimum absolute atomic E-state index is 0.0768. The number of rotatable bonds is 6. The number of nitrogens with one attached hydrogen (secondary N) is 1. The predicted octanol–water partition coefficient (Wildman–Crippen LogP) is 4.42. The molecular weight excluding hydrogens is 407 g/mol. The first-order valence-electron chi connectivity index (χ1n) is 9.87. The molecule has 1 heterocycles. The van der Waals surface area contributed by atoms with Gasteiger partial charge in [0.1, 0.15) is 18.2 Å². The topological polar surface area (TPSA) is 75.7 Å². The minimum Gasteiger partial charge on any atom is -0.490 e. The Bertz CT molecular complexity index is 1050. The molecule has 0 aromatic heterocycles. The van der Waals surface area contributed by atoms with Gasteiger partial charge in [-0.05, 0) is 62.6 Å². The van der Waals surface area contributed by atoms with E-state index in [2.05, 4.69) is 18.6 Å². The Morgan fingerprint density at radius 3 is 2.60 bits per heavy atom. The van der Waals surface area contributed by atoms with Crippen molar-refractivity contribution in [3.05, 3.63) is 48.3 Å². The largest absolute Gasteiger partial charge is 0.490 e. The van der Waals surface area contributed by atoms with Crippen molar-refractivity contribution in [2.45, 2.75) is 39.0 Å². The molecule has 3 rings (SSSR count).